The van der Waals surface area contributed by atoms with Gasteiger partial charge in [-0.25, -0.2) is 12.7 Å². The fraction of sp³-hybridized carbons (Fsp3) is 0.538. The third-order valence-corrected chi connectivity index (χ3v) is 6.18. The number of halogens is 2. The van der Waals surface area contributed by atoms with E-state index in [0.717, 1.165) is 13.0 Å². The molecule has 20 heavy (non-hydrogen) atoms. The summed E-state index contributed by atoms with van der Waals surface area (Å²) in [6.07, 6.45) is 0.725. The second-order valence-electron chi connectivity index (χ2n) is 4.73. The Morgan fingerprint density at radius 3 is 2.45 bits per heavy atom. The van der Waals surface area contributed by atoms with Crippen LogP contribution in [0, 0.1) is 13.8 Å². The van der Waals surface area contributed by atoms with Gasteiger partial charge in [-0.2, -0.15) is 0 Å². The average molecular weight is 339 g/mol. The minimum Gasteiger partial charge on any atom is -0.320 e. The number of sulfonamides is 1. The molecule has 0 aromatic heterocycles. The average Bonchev–Trinajstić information content (AvgIpc) is 2.36. The van der Waals surface area contributed by atoms with Gasteiger partial charge in [-0.3, -0.25) is 0 Å². The third kappa shape index (κ3) is 3.65. The molecule has 114 valence electrons. The van der Waals surface area contributed by atoms with E-state index in [2.05, 4.69) is 5.32 Å². The molecular formula is C13H20Cl2N2O2S. The predicted molar refractivity (Wildman–Crippen MR) is 84.3 cm³/mol. The fourth-order valence-electron chi connectivity index (χ4n) is 1.88. The van der Waals surface area contributed by atoms with Crippen molar-refractivity contribution in [1.82, 2.24) is 9.62 Å². The highest BCUT2D eigenvalue weighted by Crippen LogP contribution is 2.34. The standard InChI is InChI=1S/C13H20Cl2N2O2S/c1-9-8-11(14)10(2)13(12(9)15)20(18,19)17(4)7-5-6-16-3/h8,16H,5-7H2,1-4H3. The van der Waals surface area contributed by atoms with Crippen LogP contribution in [0.25, 0.3) is 0 Å². The van der Waals surface area contributed by atoms with E-state index in [1.807, 2.05) is 7.05 Å². The van der Waals surface area contributed by atoms with Crippen molar-refractivity contribution in [2.45, 2.75) is 25.2 Å². The van der Waals surface area contributed by atoms with Crippen molar-refractivity contribution in [1.29, 1.82) is 0 Å². The summed E-state index contributed by atoms with van der Waals surface area (Å²) in [5, 5.41) is 3.64. The highest BCUT2D eigenvalue weighted by molar-refractivity contribution is 7.89. The Kier molecular flexibility index (Phi) is 6.28. The zero-order valence-electron chi connectivity index (χ0n) is 12.1. The molecule has 1 aromatic rings. The molecule has 0 aliphatic carbocycles. The molecule has 0 aliphatic heterocycles. The summed E-state index contributed by atoms with van der Waals surface area (Å²) in [6, 6.07) is 1.68. The summed E-state index contributed by atoms with van der Waals surface area (Å²) in [4.78, 5) is 0.108. The van der Waals surface area contributed by atoms with Crippen LogP contribution in [0.1, 0.15) is 17.5 Å². The van der Waals surface area contributed by atoms with E-state index in [0.29, 0.717) is 22.7 Å². The molecule has 7 heteroatoms. The minimum atomic E-state index is -3.64. The lowest BCUT2D eigenvalue weighted by atomic mass is 10.2. The summed E-state index contributed by atoms with van der Waals surface area (Å²) in [5.74, 6) is 0. The van der Waals surface area contributed by atoms with Gasteiger partial charge in [-0.1, -0.05) is 23.2 Å². The van der Waals surface area contributed by atoms with Gasteiger partial charge in [-0.15, -0.1) is 0 Å². The van der Waals surface area contributed by atoms with Gasteiger partial charge < -0.3 is 5.32 Å². The lowest BCUT2D eigenvalue weighted by Gasteiger charge is -2.20. The molecule has 0 radical (unpaired) electrons. The smallest absolute Gasteiger partial charge is 0.244 e. The van der Waals surface area contributed by atoms with Crippen molar-refractivity contribution in [2.24, 2.45) is 0 Å². The topological polar surface area (TPSA) is 49.4 Å². The lowest BCUT2D eigenvalue weighted by Crippen LogP contribution is -2.30. The molecule has 1 N–H and O–H groups in total. The molecule has 0 saturated carbocycles. The quantitative estimate of drug-likeness (QED) is 0.811. The molecule has 4 nitrogen and oxygen atoms in total. The lowest BCUT2D eigenvalue weighted by molar-refractivity contribution is 0.457. The van der Waals surface area contributed by atoms with Crippen molar-refractivity contribution in [2.75, 3.05) is 27.2 Å². The molecule has 0 amide bonds. The van der Waals surface area contributed by atoms with E-state index in [1.54, 1.807) is 27.0 Å². The van der Waals surface area contributed by atoms with Gasteiger partial charge in [0.15, 0.2) is 0 Å². The Labute approximate surface area is 131 Å². The second kappa shape index (κ2) is 7.09. The predicted octanol–water partition coefficient (Wildman–Crippen LogP) is 2.84. The van der Waals surface area contributed by atoms with Gasteiger partial charge in [0.1, 0.15) is 4.90 Å². The normalized spacial score (nSPS) is 12.2. The number of nitrogens with one attached hydrogen (secondary N) is 1. The van der Waals surface area contributed by atoms with Crippen LogP contribution in [0.2, 0.25) is 10.0 Å². The number of rotatable bonds is 6. The number of hydrogen-bond acceptors (Lipinski definition) is 3. The number of aryl methyl sites for hydroxylation is 1. The van der Waals surface area contributed by atoms with Crippen LogP contribution >= 0.6 is 23.2 Å². The van der Waals surface area contributed by atoms with E-state index in [1.165, 1.54) is 4.31 Å². The van der Waals surface area contributed by atoms with Crippen LogP contribution in [0.5, 0.6) is 0 Å². The highest BCUT2D eigenvalue weighted by Gasteiger charge is 2.27. The van der Waals surface area contributed by atoms with Crippen LogP contribution in [-0.2, 0) is 10.0 Å². The monoisotopic (exact) mass is 338 g/mol. The van der Waals surface area contributed by atoms with Crippen LogP contribution < -0.4 is 5.32 Å². The van der Waals surface area contributed by atoms with Gasteiger partial charge in [-0.05, 0) is 51.1 Å². The van der Waals surface area contributed by atoms with E-state index in [9.17, 15) is 8.42 Å². The Morgan fingerprint density at radius 1 is 1.30 bits per heavy atom. The first-order valence-corrected chi connectivity index (χ1v) is 8.49. The second-order valence-corrected chi connectivity index (χ2v) is 7.49. The molecule has 0 spiro atoms. The van der Waals surface area contributed by atoms with E-state index >= 15 is 0 Å². The first-order chi connectivity index (χ1) is 9.23. The molecular weight excluding hydrogens is 319 g/mol. The fourth-order valence-corrected chi connectivity index (χ4v) is 4.24. The maximum atomic E-state index is 12.6. The highest BCUT2D eigenvalue weighted by atomic mass is 35.5. The Balaban J connectivity index is 3.22. The SMILES string of the molecule is CNCCCN(C)S(=O)(=O)c1c(C)c(Cl)cc(C)c1Cl. The van der Waals surface area contributed by atoms with Gasteiger partial charge in [0.25, 0.3) is 0 Å². The Morgan fingerprint density at radius 2 is 1.90 bits per heavy atom. The molecule has 0 atom stereocenters. The zero-order chi connectivity index (χ0) is 15.5. The Hall–Kier alpha value is -0.330. The molecule has 0 fully saturated rings. The summed E-state index contributed by atoms with van der Waals surface area (Å²) in [5.41, 5.74) is 1.15. The largest absolute Gasteiger partial charge is 0.320 e. The number of hydrogen-bond donors (Lipinski definition) is 1. The molecule has 0 bridgehead atoms. The molecule has 0 aliphatic rings. The summed E-state index contributed by atoms with van der Waals surface area (Å²) in [7, 11) is -0.255. The van der Waals surface area contributed by atoms with Crippen LogP contribution in [-0.4, -0.2) is 39.9 Å². The van der Waals surface area contributed by atoms with Gasteiger partial charge in [0.2, 0.25) is 10.0 Å². The maximum Gasteiger partial charge on any atom is 0.244 e. The number of nitrogens with zero attached hydrogens (tertiary/aromatic N) is 1. The third-order valence-electron chi connectivity index (χ3n) is 3.16. The van der Waals surface area contributed by atoms with Gasteiger partial charge in [0, 0.05) is 18.6 Å². The van der Waals surface area contributed by atoms with Gasteiger partial charge in [0.05, 0.1) is 5.02 Å². The molecule has 0 heterocycles. The summed E-state index contributed by atoms with van der Waals surface area (Å²) >= 11 is 12.3. The summed E-state index contributed by atoms with van der Waals surface area (Å²) < 4.78 is 26.6. The zero-order valence-corrected chi connectivity index (χ0v) is 14.5. The van der Waals surface area contributed by atoms with Crippen molar-refractivity contribution >= 4 is 33.2 Å². The van der Waals surface area contributed by atoms with E-state index in [-0.39, 0.29) is 9.92 Å². The molecule has 1 aromatic carbocycles. The maximum absolute atomic E-state index is 12.6. The van der Waals surface area contributed by atoms with Crippen molar-refractivity contribution in [3.8, 4) is 0 Å². The summed E-state index contributed by atoms with van der Waals surface area (Å²) in [6.45, 7) is 4.58. The first kappa shape index (κ1) is 17.7. The van der Waals surface area contributed by atoms with Crippen molar-refractivity contribution in [3.63, 3.8) is 0 Å². The van der Waals surface area contributed by atoms with Crippen LogP contribution in [0.3, 0.4) is 0 Å². The van der Waals surface area contributed by atoms with Crippen molar-refractivity contribution in [3.05, 3.63) is 27.2 Å². The van der Waals surface area contributed by atoms with Crippen molar-refractivity contribution < 1.29 is 8.42 Å². The minimum absolute atomic E-state index is 0.108. The Bertz CT molecular complexity index is 562. The van der Waals surface area contributed by atoms with E-state index in [4.69, 9.17) is 23.2 Å². The van der Waals surface area contributed by atoms with Crippen LogP contribution in [0.15, 0.2) is 11.0 Å². The van der Waals surface area contributed by atoms with E-state index < -0.39 is 10.0 Å². The molecule has 1 rings (SSSR count). The first-order valence-electron chi connectivity index (χ1n) is 6.29. The molecule has 0 unspecified atom stereocenters. The van der Waals surface area contributed by atoms with Crippen LogP contribution in [0.4, 0.5) is 0 Å². The number of benzene rings is 1. The van der Waals surface area contributed by atoms with Gasteiger partial charge >= 0.3 is 0 Å². The molecule has 0 saturated heterocycles.